The Morgan fingerprint density at radius 2 is 1.89 bits per heavy atom. The lowest BCUT2D eigenvalue weighted by atomic mass is 9.77. The summed E-state index contributed by atoms with van der Waals surface area (Å²) in [5.41, 5.74) is 4.12. The molecule has 0 spiro atoms. The summed E-state index contributed by atoms with van der Waals surface area (Å²) in [6, 6.07) is 16.3. The van der Waals surface area contributed by atoms with E-state index in [2.05, 4.69) is 74.9 Å². The van der Waals surface area contributed by atoms with E-state index >= 15 is 0 Å². The molecular weight excluding hydrogens is 450 g/mol. The van der Waals surface area contributed by atoms with Crippen molar-refractivity contribution in [1.82, 2.24) is 35.4 Å². The number of aromatic amines is 1. The van der Waals surface area contributed by atoms with Gasteiger partial charge in [-0.3, -0.25) is 4.79 Å². The summed E-state index contributed by atoms with van der Waals surface area (Å²) in [5, 5.41) is 19.0. The van der Waals surface area contributed by atoms with Gasteiger partial charge in [0.2, 0.25) is 17.4 Å². The molecule has 1 fully saturated rings. The monoisotopic (exact) mass is 483 g/mol. The minimum atomic E-state index is 0.0605. The van der Waals surface area contributed by atoms with E-state index in [-0.39, 0.29) is 11.7 Å². The van der Waals surface area contributed by atoms with Gasteiger partial charge in [-0.05, 0) is 46.6 Å². The van der Waals surface area contributed by atoms with Crippen molar-refractivity contribution in [2.45, 2.75) is 58.9 Å². The molecule has 8 nitrogen and oxygen atoms in total. The Morgan fingerprint density at radius 3 is 2.64 bits per heavy atom. The molecule has 0 aliphatic heterocycles. The maximum absolute atomic E-state index is 13.1. The summed E-state index contributed by atoms with van der Waals surface area (Å²) in [6.07, 6.45) is 8.44. The van der Waals surface area contributed by atoms with Gasteiger partial charge in [0.15, 0.2) is 0 Å². The zero-order valence-corrected chi connectivity index (χ0v) is 21.0. The third kappa shape index (κ3) is 5.58. The summed E-state index contributed by atoms with van der Waals surface area (Å²) in [4.78, 5) is 17.5. The number of hydrogen-bond acceptors (Lipinski definition) is 6. The van der Waals surface area contributed by atoms with Crippen LogP contribution in [0.3, 0.4) is 0 Å². The second kappa shape index (κ2) is 10.9. The summed E-state index contributed by atoms with van der Waals surface area (Å²) in [5.74, 6) is 2.46. The number of ketones is 1. The highest BCUT2D eigenvalue weighted by Gasteiger charge is 2.29. The third-order valence-corrected chi connectivity index (χ3v) is 7.19. The Bertz CT molecular complexity index is 1280. The molecule has 186 valence electrons. The van der Waals surface area contributed by atoms with E-state index in [1.807, 2.05) is 18.2 Å². The molecule has 4 aromatic rings. The number of aromatic nitrogens is 7. The molecule has 2 unspecified atom stereocenters. The molecule has 5 rings (SSSR count). The van der Waals surface area contributed by atoms with E-state index in [0.717, 1.165) is 41.5 Å². The molecule has 1 aliphatic rings. The van der Waals surface area contributed by atoms with Gasteiger partial charge in [0.05, 0.1) is 6.54 Å². The molecule has 1 aliphatic carbocycles. The second-order valence-electron chi connectivity index (χ2n) is 10.3. The van der Waals surface area contributed by atoms with Gasteiger partial charge < -0.3 is 0 Å². The maximum Gasteiger partial charge on any atom is 0.217 e. The van der Waals surface area contributed by atoms with Gasteiger partial charge >= 0.3 is 0 Å². The zero-order chi connectivity index (χ0) is 24.9. The molecule has 0 amide bonds. The lowest BCUT2D eigenvalue weighted by molar-refractivity contribution is 0.0847. The summed E-state index contributed by atoms with van der Waals surface area (Å²) < 4.78 is 1.76. The van der Waals surface area contributed by atoms with Crippen molar-refractivity contribution in [2.75, 3.05) is 0 Å². The Balaban J connectivity index is 1.23. The van der Waals surface area contributed by atoms with E-state index in [1.54, 1.807) is 11.0 Å². The fraction of sp³-hybridized carbons (Fsp3) is 0.429. The maximum atomic E-state index is 13.1. The molecule has 0 bridgehead atoms. The quantitative estimate of drug-likeness (QED) is 0.311. The molecule has 0 saturated heterocycles. The largest absolute Gasteiger partial charge is 0.290 e. The first-order valence-electron chi connectivity index (χ1n) is 12.9. The predicted octanol–water partition coefficient (Wildman–Crippen LogP) is 5.60. The van der Waals surface area contributed by atoms with E-state index in [1.165, 1.54) is 19.3 Å². The highest BCUT2D eigenvalue weighted by atomic mass is 16.1. The Labute approximate surface area is 211 Å². The zero-order valence-electron chi connectivity index (χ0n) is 21.0. The van der Waals surface area contributed by atoms with Crippen molar-refractivity contribution < 1.29 is 4.79 Å². The van der Waals surface area contributed by atoms with Crippen LogP contribution in [0.1, 0.15) is 68.6 Å². The van der Waals surface area contributed by atoms with Crippen molar-refractivity contribution >= 4 is 5.78 Å². The number of benzene rings is 2. The lowest BCUT2D eigenvalue weighted by Gasteiger charge is -2.28. The van der Waals surface area contributed by atoms with Gasteiger partial charge in [0, 0.05) is 11.5 Å². The number of carbonyl (C=O) groups is 1. The third-order valence-electron chi connectivity index (χ3n) is 7.19. The van der Waals surface area contributed by atoms with Crippen LogP contribution < -0.4 is 0 Å². The minimum Gasteiger partial charge on any atom is -0.290 e. The summed E-state index contributed by atoms with van der Waals surface area (Å²) >= 11 is 0. The van der Waals surface area contributed by atoms with Crippen molar-refractivity contribution in [1.29, 1.82) is 0 Å². The standard InChI is InChI=1S/C28H33N7O/c1-19(2)10-11-20-6-5-7-23(16-20)26(36)28-29-18-35(32-28)17-21-12-14-22(15-13-21)24-8-3-4-9-25(24)27-30-33-34-31-27/h3-4,8-9,12-15,18-20,23H,5-7,10-11,16-17H2,1-2H3,(H,30,31,33,34). The second-order valence-corrected chi connectivity index (χ2v) is 10.3. The van der Waals surface area contributed by atoms with Crippen molar-refractivity contribution in [3.63, 3.8) is 0 Å². The topological polar surface area (TPSA) is 102 Å². The number of H-pyrrole nitrogens is 1. The van der Waals surface area contributed by atoms with Crippen LogP contribution in [0, 0.1) is 17.8 Å². The SMILES string of the molecule is CC(C)CCC1CCCC(C(=O)c2ncn(Cc3ccc(-c4ccccc4-c4nn[nH]n4)cc3)n2)C1. The fourth-order valence-corrected chi connectivity index (χ4v) is 5.21. The van der Waals surface area contributed by atoms with Gasteiger partial charge in [-0.25, -0.2) is 9.67 Å². The number of nitrogens with zero attached hydrogens (tertiary/aromatic N) is 6. The average molecular weight is 484 g/mol. The first kappa shape index (κ1) is 24.0. The highest BCUT2D eigenvalue weighted by Crippen LogP contribution is 2.34. The highest BCUT2D eigenvalue weighted by molar-refractivity contribution is 5.94. The molecule has 2 aromatic heterocycles. The van der Waals surface area contributed by atoms with Crippen LogP contribution in [-0.4, -0.2) is 41.2 Å². The Morgan fingerprint density at radius 1 is 1.08 bits per heavy atom. The molecule has 36 heavy (non-hydrogen) atoms. The minimum absolute atomic E-state index is 0.0605. The lowest BCUT2D eigenvalue weighted by Crippen LogP contribution is -2.24. The van der Waals surface area contributed by atoms with Crippen molar-refractivity contribution in [3.8, 4) is 22.5 Å². The van der Waals surface area contributed by atoms with Gasteiger partial charge in [-0.15, -0.1) is 15.3 Å². The number of rotatable bonds is 9. The molecule has 1 N–H and O–H groups in total. The van der Waals surface area contributed by atoms with Crippen LogP contribution >= 0.6 is 0 Å². The smallest absolute Gasteiger partial charge is 0.217 e. The Kier molecular flexibility index (Phi) is 7.30. The molecular formula is C28H33N7O. The average Bonchev–Trinajstić information content (AvgIpc) is 3.61. The molecule has 8 heteroatoms. The van der Waals surface area contributed by atoms with Crippen LogP contribution in [-0.2, 0) is 6.54 Å². The Hall–Kier alpha value is -3.68. The van der Waals surface area contributed by atoms with Crippen LogP contribution in [0.25, 0.3) is 22.5 Å². The molecule has 2 atom stereocenters. The van der Waals surface area contributed by atoms with Crippen molar-refractivity contribution in [2.24, 2.45) is 17.8 Å². The van der Waals surface area contributed by atoms with E-state index in [0.29, 0.717) is 30.0 Å². The first-order valence-corrected chi connectivity index (χ1v) is 12.9. The molecule has 0 radical (unpaired) electrons. The number of hydrogen-bond donors (Lipinski definition) is 1. The van der Waals surface area contributed by atoms with Gasteiger partial charge in [0.1, 0.15) is 6.33 Å². The van der Waals surface area contributed by atoms with E-state index in [9.17, 15) is 4.79 Å². The first-order chi connectivity index (χ1) is 17.6. The number of nitrogens with one attached hydrogen (secondary N) is 1. The number of carbonyl (C=O) groups excluding carboxylic acids is 1. The van der Waals surface area contributed by atoms with Crippen LogP contribution in [0.5, 0.6) is 0 Å². The normalized spacial score (nSPS) is 18.0. The van der Waals surface area contributed by atoms with Gasteiger partial charge in [0.25, 0.3) is 0 Å². The van der Waals surface area contributed by atoms with E-state index < -0.39 is 0 Å². The predicted molar refractivity (Wildman–Crippen MR) is 138 cm³/mol. The molecule has 2 aromatic carbocycles. The summed E-state index contributed by atoms with van der Waals surface area (Å²) in [7, 11) is 0. The number of tetrazole rings is 1. The van der Waals surface area contributed by atoms with Crippen LogP contribution in [0.2, 0.25) is 0 Å². The summed E-state index contributed by atoms with van der Waals surface area (Å²) in [6.45, 7) is 5.10. The number of Topliss-reactive ketones (excluding diaryl/α,β-unsaturated/α-hetero) is 1. The van der Waals surface area contributed by atoms with Crippen LogP contribution in [0.4, 0.5) is 0 Å². The molecule has 2 heterocycles. The van der Waals surface area contributed by atoms with Crippen molar-refractivity contribution in [3.05, 3.63) is 66.2 Å². The fourth-order valence-electron chi connectivity index (χ4n) is 5.21. The van der Waals surface area contributed by atoms with E-state index in [4.69, 9.17) is 0 Å². The van der Waals surface area contributed by atoms with Gasteiger partial charge in [-0.1, -0.05) is 88.1 Å². The molecule has 1 saturated carbocycles. The van der Waals surface area contributed by atoms with Gasteiger partial charge in [-0.2, -0.15) is 5.21 Å². The van der Waals surface area contributed by atoms with Crippen LogP contribution in [0.15, 0.2) is 54.9 Å².